The second kappa shape index (κ2) is 7.59. The summed E-state index contributed by atoms with van der Waals surface area (Å²) in [6.07, 6.45) is 0.0369. The highest BCUT2D eigenvalue weighted by Crippen LogP contribution is 2.50. The second-order valence-electron chi connectivity index (χ2n) is 7.35. The number of halogens is 1. The van der Waals surface area contributed by atoms with Crippen molar-refractivity contribution in [2.24, 2.45) is 5.10 Å². The summed E-state index contributed by atoms with van der Waals surface area (Å²) in [6, 6.07) is 19.7. The largest absolute Gasteiger partial charge is 0.493 e. The number of hydrogen-bond acceptors (Lipinski definition) is 6. The molecule has 0 spiro atoms. The molecule has 0 amide bonds. The van der Waals surface area contributed by atoms with Crippen LogP contribution in [0.1, 0.15) is 35.4 Å². The predicted molar refractivity (Wildman–Crippen MR) is 117 cm³/mol. The lowest BCUT2D eigenvalue weighted by Gasteiger charge is -2.38. The summed E-state index contributed by atoms with van der Waals surface area (Å²) in [5.41, 5.74) is 3.49. The normalized spacial score (nSPS) is 19.2. The Morgan fingerprint density at radius 2 is 1.94 bits per heavy atom. The molecule has 0 aromatic heterocycles. The number of nitrogens with zero attached hydrogens (tertiary/aromatic N) is 3. The lowest BCUT2D eigenvalue weighted by molar-refractivity contribution is -0.385. The highest BCUT2D eigenvalue weighted by atomic mass is 35.5. The van der Waals surface area contributed by atoms with Gasteiger partial charge < -0.3 is 9.47 Å². The van der Waals surface area contributed by atoms with E-state index in [0.29, 0.717) is 28.5 Å². The average Bonchev–Trinajstić information content (AvgIpc) is 3.24. The Morgan fingerprint density at radius 3 is 2.68 bits per heavy atom. The molecule has 2 heterocycles. The number of fused-ring (bicyclic) bond motifs is 3. The number of para-hydroxylation sites is 1. The SMILES string of the molecule is COc1cccc2c1O[C@H](c1cccc([N+](=O)[O-])c1)N1N=C(c3ccc(Cl)cc3)C[C@@H]21. The first-order chi connectivity index (χ1) is 15.0. The first kappa shape index (κ1) is 19.4. The fourth-order valence-electron chi connectivity index (χ4n) is 4.07. The van der Waals surface area contributed by atoms with Crippen LogP contribution in [0.25, 0.3) is 0 Å². The molecule has 2 aliphatic heterocycles. The van der Waals surface area contributed by atoms with Crippen molar-refractivity contribution in [1.82, 2.24) is 5.01 Å². The summed E-state index contributed by atoms with van der Waals surface area (Å²) in [4.78, 5) is 10.9. The first-order valence-electron chi connectivity index (χ1n) is 9.75. The van der Waals surface area contributed by atoms with Crippen molar-refractivity contribution in [2.45, 2.75) is 18.7 Å². The third-order valence-electron chi connectivity index (χ3n) is 5.54. The van der Waals surface area contributed by atoms with E-state index in [2.05, 4.69) is 0 Å². The molecular weight excluding hydrogens is 418 g/mol. The van der Waals surface area contributed by atoms with Gasteiger partial charge in [-0.25, -0.2) is 5.01 Å². The highest BCUT2D eigenvalue weighted by Gasteiger charge is 2.42. The number of rotatable bonds is 4. The van der Waals surface area contributed by atoms with Crippen LogP contribution >= 0.6 is 11.6 Å². The molecule has 7 nitrogen and oxygen atoms in total. The fraction of sp³-hybridized carbons (Fsp3) is 0.174. The van der Waals surface area contributed by atoms with Crippen LogP contribution in [0.15, 0.2) is 71.8 Å². The minimum atomic E-state index is -0.626. The van der Waals surface area contributed by atoms with Crippen molar-refractivity contribution in [1.29, 1.82) is 0 Å². The smallest absolute Gasteiger partial charge is 0.269 e. The molecule has 3 aromatic carbocycles. The number of ether oxygens (including phenoxy) is 2. The maximum Gasteiger partial charge on any atom is 0.269 e. The van der Waals surface area contributed by atoms with E-state index in [9.17, 15) is 10.1 Å². The molecule has 0 bridgehead atoms. The summed E-state index contributed by atoms with van der Waals surface area (Å²) in [6.45, 7) is 0. The molecule has 31 heavy (non-hydrogen) atoms. The van der Waals surface area contributed by atoms with Crippen molar-refractivity contribution in [3.8, 4) is 11.5 Å². The zero-order valence-corrected chi connectivity index (χ0v) is 17.3. The number of hydrazone groups is 1. The van der Waals surface area contributed by atoms with Gasteiger partial charge in [-0.15, -0.1) is 0 Å². The Hall–Kier alpha value is -3.58. The monoisotopic (exact) mass is 435 g/mol. The molecule has 156 valence electrons. The summed E-state index contributed by atoms with van der Waals surface area (Å²) in [5, 5.41) is 18.7. The van der Waals surface area contributed by atoms with Crippen LogP contribution in [0.2, 0.25) is 5.02 Å². The Balaban J connectivity index is 1.62. The van der Waals surface area contributed by atoms with Gasteiger partial charge in [-0.05, 0) is 23.8 Å². The number of hydrogen-bond donors (Lipinski definition) is 0. The van der Waals surface area contributed by atoms with Gasteiger partial charge in [-0.1, -0.05) is 48.0 Å². The van der Waals surface area contributed by atoms with E-state index >= 15 is 0 Å². The Morgan fingerprint density at radius 1 is 1.16 bits per heavy atom. The molecule has 3 aromatic rings. The van der Waals surface area contributed by atoms with E-state index in [1.165, 1.54) is 12.1 Å². The average molecular weight is 436 g/mol. The zero-order valence-electron chi connectivity index (χ0n) is 16.6. The van der Waals surface area contributed by atoms with Gasteiger partial charge in [0.15, 0.2) is 11.5 Å². The van der Waals surface area contributed by atoms with Crippen molar-refractivity contribution >= 4 is 23.0 Å². The maximum atomic E-state index is 11.3. The molecule has 0 radical (unpaired) electrons. The number of benzene rings is 3. The van der Waals surface area contributed by atoms with Crippen LogP contribution in [0.3, 0.4) is 0 Å². The van der Waals surface area contributed by atoms with Gasteiger partial charge in [0.2, 0.25) is 6.23 Å². The summed E-state index contributed by atoms with van der Waals surface area (Å²) in [5.74, 6) is 1.25. The van der Waals surface area contributed by atoms with Crippen molar-refractivity contribution < 1.29 is 14.4 Å². The first-order valence-corrected chi connectivity index (χ1v) is 10.1. The fourth-order valence-corrected chi connectivity index (χ4v) is 4.20. The van der Waals surface area contributed by atoms with Crippen molar-refractivity contribution in [3.63, 3.8) is 0 Å². The molecule has 2 atom stereocenters. The lowest BCUT2D eigenvalue weighted by Crippen LogP contribution is -2.33. The van der Waals surface area contributed by atoms with E-state index in [1.807, 2.05) is 53.5 Å². The van der Waals surface area contributed by atoms with Crippen molar-refractivity contribution in [2.75, 3.05) is 7.11 Å². The van der Waals surface area contributed by atoms with E-state index in [1.54, 1.807) is 13.2 Å². The standard InChI is InChI=1S/C23H18ClN3O4/c1-30-21-7-3-6-18-20-13-19(14-8-10-16(24)11-9-14)25-26(20)23(31-22(18)21)15-4-2-5-17(12-15)27(28)29/h2-12,20,23H,13H2,1H3/t20-,23+/m0/s1. The van der Waals surface area contributed by atoms with Crippen LogP contribution in [0.4, 0.5) is 5.69 Å². The van der Waals surface area contributed by atoms with Gasteiger partial charge in [0, 0.05) is 34.7 Å². The van der Waals surface area contributed by atoms with Gasteiger partial charge in [-0.3, -0.25) is 10.1 Å². The van der Waals surface area contributed by atoms with Gasteiger partial charge >= 0.3 is 0 Å². The highest BCUT2D eigenvalue weighted by molar-refractivity contribution is 6.30. The third kappa shape index (κ3) is 3.37. The van der Waals surface area contributed by atoms with Crippen LogP contribution in [0.5, 0.6) is 11.5 Å². The van der Waals surface area contributed by atoms with Crippen molar-refractivity contribution in [3.05, 3.63) is 98.6 Å². The van der Waals surface area contributed by atoms with E-state index < -0.39 is 11.2 Å². The van der Waals surface area contributed by atoms with Crippen LogP contribution < -0.4 is 9.47 Å². The lowest BCUT2D eigenvalue weighted by atomic mass is 9.95. The number of nitro benzene ring substituents is 1. The van der Waals surface area contributed by atoms with E-state index in [4.69, 9.17) is 26.2 Å². The van der Waals surface area contributed by atoms with Crippen LogP contribution in [-0.2, 0) is 0 Å². The molecule has 0 N–H and O–H groups in total. The molecule has 0 saturated heterocycles. The quantitative estimate of drug-likeness (QED) is 0.399. The summed E-state index contributed by atoms with van der Waals surface area (Å²) < 4.78 is 11.9. The van der Waals surface area contributed by atoms with E-state index in [0.717, 1.165) is 16.8 Å². The Labute approximate surface area is 183 Å². The summed E-state index contributed by atoms with van der Waals surface area (Å²) >= 11 is 6.04. The van der Waals surface area contributed by atoms with Crippen LogP contribution in [-0.4, -0.2) is 22.8 Å². The predicted octanol–water partition coefficient (Wildman–Crippen LogP) is 5.50. The molecule has 2 aliphatic rings. The van der Waals surface area contributed by atoms with Gasteiger partial charge in [0.05, 0.1) is 23.8 Å². The minimum absolute atomic E-state index is 0.00424. The van der Waals surface area contributed by atoms with Gasteiger partial charge in [0.25, 0.3) is 5.69 Å². The van der Waals surface area contributed by atoms with E-state index in [-0.39, 0.29) is 11.7 Å². The third-order valence-corrected chi connectivity index (χ3v) is 5.80. The number of nitro groups is 1. The Bertz CT molecular complexity index is 1200. The molecular formula is C23H18ClN3O4. The zero-order chi connectivity index (χ0) is 21.5. The second-order valence-corrected chi connectivity index (χ2v) is 7.79. The Kier molecular flexibility index (Phi) is 4.75. The molecule has 0 aliphatic carbocycles. The topological polar surface area (TPSA) is 77.2 Å². The molecule has 0 fully saturated rings. The van der Waals surface area contributed by atoms with Gasteiger partial charge in [-0.2, -0.15) is 5.10 Å². The number of non-ortho nitro benzene ring substituents is 1. The van der Waals surface area contributed by atoms with Gasteiger partial charge in [0.1, 0.15) is 0 Å². The minimum Gasteiger partial charge on any atom is -0.493 e. The molecule has 0 saturated carbocycles. The molecule has 8 heteroatoms. The molecule has 5 rings (SSSR count). The number of methoxy groups -OCH3 is 1. The summed E-state index contributed by atoms with van der Waals surface area (Å²) in [7, 11) is 1.60. The maximum absolute atomic E-state index is 11.3. The van der Waals surface area contributed by atoms with Crippen LogP contribution in [0, 0.1) is 10.1 Å². The molecule has 0 unspecified atom stereocenters.